The minimum Gasteiger partial charge on any atom is -0.494 e. The maximum absolute atomic E-state index is 12.4. The number of aryl methyl sites for hydroxylation is 1. The minimum atomic E-state index is -1.27. The topological polar surface area (TPSA) is 129 Å². The first kappa shape index (κ1) is 33.8. The molecule has 12 heteroatoms. The van der Waals surface area contributed by atoms with Crippen molar-refractivity contribution in [1.82, 2.24) is 4.57 Å². The zero-order valence-electron chi connectivity index (χ0n) is 25.9. The second-order valence-electron chi connectivity index (χ2n) is 10.8. The third-order valence-electron chi connectivity index (χ3n) is 7.25. The first-order valence-electron chi connectivity index (χ1n) is 14.7. The SMILES string of the molecule is CC(=O)OCC1OC(n2cc(Cc3ccc(OCCCCl)cc3)c3c(C)cccc32)C(OC(C)=O)C(OC(C)=O)C1OC(C)=O. The predicted octanol–water partition coefficient (Wildman–Crippen LogP) is 4.80. The Labute approximate surface area is 266 Å². The van der Waals surface area contributed by atoms with Gasteiger partial charge in [-0.3, -0.25) is 19.2 Å². The van der Waals surface area contributed by atoms with Crippen molar-refractivity contribution >= 4 is 46.4 Å². The molecular weight excluding hydrogens is 606 g/mol. The number of aromatic nitrogens is 1. The van der Waals surface area contributed by atoms with E-state index in [4.69, 9.17) is 40.0 Å². The summed E-state index contributed by atoms with van der Waals surface area (Å²) in [6.07, 6.45) is -2.63. The minimum absolute atomic E-state index is 0.307. The van der Waals surface area contributed by atoms with Gasteiger partial charge < -0.3 is 33.0 Å². The Morgan fingerprint density at radius 1 is 0.844 bits per heavy atom. The van der Waals surface area contributed by atoms with Crippen molar-refractivity contribution in [3.8, 4) is 5.75 Å². The molecule has 1 fully saturated rings. The second-order valence-corrected chi connectivity index (χ2v) is 11.2. The van der Waals surface area contributed by atoms with Crippen molar-refractivity contribution in [3.63, 3.8) is 0 Å². The van der Waals surface area contributed by atoms with Crippen molar-refractivity contribution in [2.24, 2.45) is 0 Å². The van der Waals surface area contributed by atoms with Gasteiger partial charge >= 0.3 is 23.9 Å². The van der Waals surface area contributed by atoms with E-state index in [-0.39, 0.29) is 6.61 Å². The summed E-state index contributed by atoms with van der Waals surface area (Å²) in [5.74, 6) is -1.34. The van der Waals surface area contributed by atoms with Crippen LogP contribution in [0.2, 0.25) is 0 Å². The van der Waals surface area contributed by atoms with Crippen LogP contribution in [0.3, 0.4) is 0 Å². The summed E-state index contributed by atoms with van der Waals surface area (Å²) in [7, 11) is 0. The summed E-state index contributed by atoms with van der Waals surface area (Å²) in [4.78, 5) is 48.6. The van der Waals surface area contributed by atoms with Gasteiger partial charge in [-0.15, -0.1) is 11.6 Å². The first-order chi connectivity index (χ1) is 21.5. The summed E-state index contributed by atoms with van der Waals surface area (Å²) in [5, 5.41) is 0.966. The molecule has 1 saturated heterocycles. The van der Waals surface area contributed by atoms with E-state index in [0.29, 0.717) is 18.9 Å². The molecule has 0 radical (unpaired) electrons. The summed E-state index contributed by atoms with van der Waals surface area (Å²) in [6.45, 7) is 7.07. The molecule has 5 atom stereocenters. The third kappa shape index (κ3) is 8.55. The number of hydrogen-bond acceptors (Lipinski definition) is 10. The molecule has 0 N–H and O–H groups in total. The van der Waals surface area contributed by atoms with Crippen LogP contribution in [0.15, 0.2) is 48.7 Å². The Morgan fingerprint density at radius 2 is 1.49 bits per heavy atom. The maximum atomic E-state index is 12.4. The average Bonchev–Trinajstić information content (AvgIpc) is 3.33. The number of alkyl halides is 1. The lowest BCUT2D eigenvalue weighted by Crippen LogP contribution is -2.60. The van der Waals surface area contributed by atoms with Gasteiger partial charge in [-0.2, -0.15) is 0 Å². The third-order valence-corrected chi connectivity index (χ3v) is 7.52. The van der Waals surface area contributed by atoms with Gasteiger partial charge in [0.05, 0.1) is 12.1 Å². The van der Waals surface area contributed by atoms with E-state index >= 15 is 0 Å². The molecule has 0 amide bonds. The number of hydrogen-bond donors (Lipinski definition) is 0. The molecular formula is C33H38ClNO10. The smallest absolute Gasteiger partial charge is 0.303 e. The van der Waals surface area contributed by atoms with Crippen LogP contribution in [0.4, 0.5) is 0 Å². The summed E-state index contributed by atoms with van der Waals surface area (Å²) >= 11 is 5.75. The number of esters is 4. The lowest BCUT2D eigenvalue weighted by atomic mass is 9.97. The van der Waals surface area contributed by atoms with Gasteiger partial charge in [-0.1, -0.05) is 24.3 Å². The van der Waals surface area contributed by atoms with Crippen LogP contribution in [0.5, 0.6) is 5.75 Å². The molecule has 11 nitrogen and oxygen atoms in total. The van der Waals surface area contributed by atoms with E-state index in [1.165, 1.54) is 27.7 Å². The fourth-order valence-corrected chi connectivity index (χ4v) is 5.64. The largest absolute Gasteiger partial charge is 0.494 e. The summed E-state index contributed by atoms with van der Waals surface area (Å²) < 4.78 is 36.2. The van der Waals surface area contributed by atoms with Gasteiger partial charge in [0.25, 0.3) is 0 Å². The average molecular weight is 644 g/mol. The van der Waals surface area contributed by atoms with E-state index < -0.39 is 54.5 Å². The fraction of sp³-hybridized carbons (Fsp3) is 0.455. The van der Waals surface area contributed by atoms with Crippen molar-refractivity contribution in [2.75, 3.05) is 19.1 Å². The molecule has 5 unspecified atom stereocenters. The molecule has 45 heavy (non-hydrogen) atoms. The van der Waals surface area contributed by atoms with E-state index in [2.05, 4.69) is 0 Å². The van der Waals surface area contributed by atoms with Gasteiger partial charge in [0.2, 0.25) is 0 Å². The number of nitrogens with zero attached hydrogens (tertiary/aromatic N) is 1. The zero-order valence-corrected chi connectivity index (χ0v) is 26.7. The number of fused-ring (bicyclic) bond motifs is 1. The van der Waals surface area contributed by atoms with Crippen LogP contribution >= 0.6 is 11.6 Å². The van der Waals surface area contributed by atoms with Crippen LogP contribution in [0.25, 0.3) is 10.9 Å². The highest BCUT2D eigenvalue weighted by Gasteiger charge is 2.53. The van der Waals surface area contributed by atoms with E-state index in [1.807, 2.05) is 60.2 Å². The summed E-state index contributed by atoms with van der Waals surface area (Å²) in [5.41, 5.74) is 3.77. The molecule has 0 saturated carbocycles. The number of carbonyl (C=O) groups excluding carboxylic acids is 4. The van der Waals surface area contributed by atoms with Crippen LogP contribution in [0.1, 0.15) is 57.0 Å². The molecule has 1 aromatic heterocycles. The highest BCUT2D eigenvalue weighted by Crippen LogP contribution is 2.38. The lowest BCUT2D eigenvalue weighted by molar-refractivity contribution is -0.267. The molecule has 4 rings (SSSR count). The zero-order chi connectivity index (χ0) is 32.7. The van der Waals surface area contributed by atoms with E-state index in [9.17, 15) is 19.2 Å². The summed E-state index contributed by atoms with van der Waals surface area (Å²) in [6, 6.07) is 13.6. The number of rotatable bonds is 12. The normalized spacial score (nSPS) is 21.2. The molecule has 0 aliphatic carbocycles. The van der Waals surface area contributed by atoms with Crippen LogP contribution in [0, 0.1) is 6.92 Å². The van der Waals surface area contributed by atoms with Gasteiger partial charge in [-0.05, 0) is 54.7 Å². The van der Waals surface area contributed by atoms with Crippen LogP contribution in [-0.4, -0.2) is 72.0 Å². The van der Waals surface area contributed by atoms with Gasteiger partial charge in [0.1, 0.15) is 18.5 Å². The Bertz CT molecular complexity index is 1520. The standard InChI is InChI=1S/C33H38ClNO10/c1-19-8-6-9-27-29(19)25(16-24-10-12-26(13-11-24)40-15-7-14-34)17-35(27)33-32(44-23(5)39)31(43-22(4)38)30(42-21(3)37)28(45-33)18-41-20(2)36/h6,8-13,17,28,30-33H,7,14-16,18H2,1-5H3. The Morgan fingerprint density at radius 3 is 2.11 bits per heavy atom. The van der Waals surface area contributed by atoms with Gasteiger partial charge in [-0.25, -0.2) is 0 Å². The monoisotopic (exact) mass is 643 g/mol. The lowest BCUT2D eigenvalue weighted by Gasteiger charge is -2.44. The van der Waals surface area contributed by atoms with Gasteiger partial charge in [0, 0.05) is 45.2 Å². The predicted molar refractivity (Wildman–Crippen MR) is 164 cm³/mol. The molecule has 3 aromatic rings. The van der Waals surface area contributed by atoms with E-state index in [0.717, 1.165) is 39.8 Å². The maximum Gasteiger partial charge on any atom is 0.303 e. The molecule has 0 bridgehead atoms. The first-order valence-corrected chi connectivity index (χ1v) is 15.2. The molecule has 0 spiro atoms. The number of carbonyl (C=O) groups is 4. The molecule has 1 aliphatic heterocycles. The van der Waals surface area contributed by atoms with Crippen molar-refractivity contribution in [2.45, 2.75) is 78.1 Å². The van der Waals surface area contributed by atoms with Gasteiger partial charge in [0.15, 0.2) is 24.5 Å². The number of ether oxygens (including phenoxy) is 6. The number of halogens is 1. The molecule has 1 aliphatic rings. The van der Waals surface area contributed by atoms with Crippen molar-refractivity contribution in [1.29, 1.82) is 0 Å². The quantitative estimate of drug-likeness (QED) is 0.117. The number of benzene rings is 2. The van der Waals surface area contributed by atoms with Crippen molar-refractivity contribution < 1.29 is 47.6 Å². The second kappa shape index (κ2) is 15.3. The fourth-order valence-electron chi connectivity index (χ4n) is 5.53. The highest BCUT2D eigenvalue weighted by molar-refractivity contribution is 6.17. The molecule has 2 aromatic carbocycles. The Kier molecular flexibility index (Phi) is 11.5. The Balaban J connectivity index is 1.79. The van der Waals surface area contributed by atoms with Crippen LogP contribution < -0.4 is 4.74 Å². The van der Waals surface area contributed by atoms with Crippen LogP contribution in [-0.2, 0) is 49.3 Å². The molecule has 242 valence electrons. The Hall–Kier alpha value is -4.09. The van der Waals surface area contributed by atoms with Crippen molar-refractivity contribution in [3.05, 3.63) is 65.4 Å². The van der Waals surface area contributed by atoms with E-state index in [1.54, 1.807) is 0 Å². The highest BCUT2D eigenvalue weighted by atomic mass is 35.5. The molecule has 2 heterocycles.